The molecule has 0 atom stereocenters. The number of carbonyl (C=O) groups is 1. The topological polar surface area (TPSA) is 83.7 Å². The molecule has 1 aliphatic rings. The smallest absolute Gasteiger partial charge is 0.339 e. The molecule has 8 heteroatoms. The summed E-state index contributed by atoms with van der Waals surface area (Å²) in [4.78, 5) is 25.7. The van der Waals surface area contributed by atoms with Gasteiger partial charge in [0.05, 0.1) is 11.3 Å². The van der Waals surface area contributed by atoms with Crippen LogP contribution in [0.2, 0.25) is 0 Å². The second kappa shape index (κ2) is 11.9. The molecule has 0 bridgehead atoms. The third-order valence-corrected chi connectivity index (χ3v) is 7.74. The van der Waals surface area contributed by atoms with Crippen LogP contribution in [0.15, 0.2) is 54.9 Å². The van der Waals surface area contributed by atoms with Gasteiger partial charge in [-0.15, -0.1) is 0 Å². The first-order valence-corrected chi connectivity index (χ1v) is 13.8. The molecule has 0 amide bonds. The maximum Gasteiger partial charge on any atom is 0.339 e. The van der Waals surface area contributed by atoms with Crippen molar-refractivity contribution in [3.8, 4) is 5.75 Å². The minimum absolute atomic E-state index is 0.181. The molecule has 0 radical (unpaired) electrons. The fourth-order valence-electron chi connectivity index (χ4n) is 5.23. The number of carboxylic acids is 1. The van der Waals surface area contributed by atoms with Crippen molar-refractivity contribution in [1.82, 2.24) is 19.4 Å². The van der Waals surface area contributed by atoms with Gasteiger partial charge in [0.2, 0.25) is 5.95 Å². The van der Waals surface area contributed by atoms with Gasteiger partial charge in [-0.2, -0.15) is 0 Å². The number of hydrogen-bond donors (Lipinski definition) is 1. The Labute approximate surface area is 229 Å². The van der Waals surface area contributed by atoms with Crippen LogP contribution in [0.1, 0.15) is 39.7 Å². The maximum absolute atomic E-state index is 11.9. The monoisotopic (exact) mass is 527 g/mol. The molecule has 39 heavy (non-hydrogen) atoms. The van der Waals surface area contributed by atoms with Crippen LogP contribution >= 0.6 is 0 Å². The molecule has 2 aromatic heterocycles. The lowest BCUT2D eigenvalue weighted by atomic mass is 10.0. The van der Waals surface area contributed by atoms with Crippen LogP contribution in [0.25, 0.3) is 10.9 Å². The molecular formula is C31H37N5O3. The van der Waals surface area contributed by atoms with Crippen molar-refractivity contribution in [2.45, 2.75) is 40.2 Å². The Hall–Kier alpha value is -3.91. The number of anilines is 1. The standard InChI is InChI=1S/C31H37N5O3/c1-4-35-21-24(26-7-5-6-8-29(26)35)10-12-28-27(30(37)38)20-32-31(33-28)36-15-13-34(14-16-36)17-18-39-25-11-9-22(2)23(3)19-25/h5-9,11,19-21H,4,10,12-18H2,1-3H3,(H,37,38). The van der Waals surface area contributed by atoms with E-state index in [1.807, 2.05) is 12.1 Å². The van der Waals surface area contributed by atoms with Gasteiger partial charge in [0, 0.05) is 62.6 Å². The van der Waals surface area contributed by atoms with Crippen molar-refractivity contribution in [1.29, 1.82) is 0 Å². The predicted octanol–water partition coefficient (Wildman–Crippen LogP) is 4.75. The van der Waals surface area contributed by atoms with E-state index >= 15 is 0 Å². The summed E-state index contributed by atoms with van der Waals surface area (Å²) in [6.07, 6.45) is 4.92. The Morgan fingerprint density at radius 1 is 1.03 bits per heavy atom. The predicted molar refractivity (Wildman–Crippen MR) is 154 cm³/mol. The van der Waals surface area contributed by atoms with E-state index in [1.54, 1.807) is 0 Å². The average Bonchev–Trinajstić information content (AvgIpc) is 3.32. The normalized spacial score (nSPS) is 14.2. The molecule has 8 nitrogen and oxygen atoms in total. The first-order chi connectivity index (χ1) is 18.9. The highest BCUT2D eigenvalue weighted by atomic mass is 16.5. The summed E-state index contributed by atoms with van der Waals surface area (Å²) in [5, 5.41) is 11.0. The summed E-state index contributed by atoms with van der Waals surface area (Å²) in [5.74, 6) is 0.536. The SMILES string of the molecule is CCn1cc(CCc2nc(N3CCN(CCOc4ccc(C)c(C)c4)CC3)ncc2C(=O)O)c2ccccc21. The van der Waals surface area contributed by atoms with Crippen molar-refractivity contribution < 1.29 is 14.6 Å². The van der Waals surface area contributed by atoms with Gasteiger partial charge in [0.1, 0.15) is 12.4 Å². The first-order valence-electron chi connectivity index (χ1n) is 13.8. The van der Waals surface area contributed by atoms with Gasteiger partial charge >= 0.3 is 5.97 Å². The molecule has 0 spiro atoms. The third kappa shape index (κ3) is 6.06. The van der Waals surface area contributed by atoms with Gasteiger partial charge in [-0.25, -0.2) is 14.8 Å². The zero-order chi connectivity index (χ0) is 27.4. The van der Waals surface area contributed by atoms with Crippen LogP contribution in [-0.2, 0) is 19.4 Å². The molecular weight excluding hydrogens is 490 g/mol. The zero-order valence-electron chi connectivity index (χ0n) is 23.1. The van der Waals surface area contributed by atoms with Crippen molar-refractivity contribution >= 4 is 22.8 Å². The summed E-state index contributed by atoms with van der Waals surface area (Å²) in [7, 11) is 0. The van der Waals surface area contributed by atoms with Crippen molar-refractivity contribution in [2.75, 3.05) is 44.2 Å². The molecule has 1 aliphatic heterocycles. The number of aromatic nitrogens is 3. The molecule has 5 rings (SSSR count). The quantitative estimate of drug-likeness (QED) is 0.319. The van der Waals surface area contributed by atoms with E-state index in [4.69, 9.17) is 9.72 Å². The second-order valence-electron chi connectivity index (χ2n) is 10.2. The number of benzene rings is 2. The molecule has 4 aromatic rings. The Morgan fingerprint density at radius 2 is 1.82 bits per heavy atom. The van der Waals surface area contributed by atoms with E-state index in [0.717, 1.165) is 51.4 Å². The second-order valence-corrected chi connectivity index (χ2v) is 10.2. The Kier molecular flexibility index (Phi) is 8.12. The number of aromatic carboxylic acids is 1. The number of fused-ring (bicyclic) bond motifs is 1. The van der Waals surface area contributed by atoms with E-state index in [-0.39, 0.29) is 5.56 Å². The number of rotatable bonds is 10. The van der Waals surface area contributed by atoms with Crippen LogP contribution < -0.4 is 9.64 Å². The van der Waals surface area contributed by atoms with E-state index in [9.17, 15) is 9.90 Å². The van der Waals surface area contributed by atoms with Crippen LogP contribution in [0.4, 0.5) is 5.95 Å². The van der Waals surface area contributed by atoms with Gasteiger partial charge in [0.25, 0.3) is 0 Å². The van der Waals surface area contributed by atoms with Crippen molar-refractivity contribution in [3.05, 3.63) is 82.8 Å². The highest BCUT2D eigenvalue weighted by molar-refractivity contribution is 5.88. The fourth-order valence-corrected chi connectivity index (χ4v) is 5.23. The van der Waals surface area contributed by atoms with Gasteiger partial charge in [-0.05, 0) is 68.5 Å². The van der Waals surface area contributed by atoms with Crippen LogP contribution in [0.3, 0.4) is 0 Å². The molecule has 1 fully saturated rings. The number of nitrogens with zero attached hydrogens (tertiary/aromatic N) is 5. The van der Waals surface area contributed by atoms with E-state index < -0.39 is 5.97 Å². The van der Waals surface area contributed by atoms with Gasteiger partial charge in [0.15, 0.2) is 0 Å². The minimum atomic E-state index is -0.985. The summed E-state index contributed by atoms with van der Waals surface area (Å²) < 4.78 is 8.21. The number of carboxylic acid groups (broad SMARTS) is 1. The lowest BCUT2D eigenvalue weighted by Gasteiger charge is -2.34. The van der Waals surface area contributed by atoms with Crippen molar-refractivity contribution in [3.63, 3.8) is 0 Å². The minimum Gasteiger partial charge on any atom is -0.492 e. The molecule has 1 saturated heterocycles. The van der Waals surface area contributed by atoms with Crippen LogP contribution in [0.5, 0.6) is 5.75 Å². The number of aryl methyl sites for hydroxylation is 5. The number of piperazine rings is 1. The van der Waals surface area contributed by atoms with Gasteiger partial charge < -0.3 is 19.3 Å². The first kappa shape index (κ1) is 26.7. The highest BCUT2D eigenvalue weighted by Gasteiger charge is 2.22. The molecule has 2 aromatic carbocycles. The zero-order valence-corrected chi connectivity index (χ0v) is 23.1. The summed E-state index contributed by atoms with van der Waals surface area (Å²) in [6.45, 7) is 12.1. The van der Waals surface area contributed by atoms with Gasteiger partial charge in [-0.3, -0.25) is 4.90 Å². The maximum atomic E-state index is 11.9. The number of hydrogen-bond acceptors (Lipinski definition) is 6. The van der Waals surface area contributed by atoms with E-state index in [0.29, 0.717) is 24.7 Å². The fraction of sp³-hybridized carbons (Fsp3) is 0.387. The van der Waals surface area contributed by atoms with E-state index in [1.165, 1.54) is 33.8 Å². The van der Waals surface area contributed by atoms with Crippen molar-refractivity contribution in [2.24, 2.45) is 0 Å². The summed E-state index contributed by atoms with van der Waals surface area (Å²) in [6, 6.07) is 14.6. The molecule has 3 heterocycles. The number of ether oxygens (including phenoxy) is 1. The number of para-hydroxylation sites is 1. The lowest BCUT2D eigenvalue weighted by Crippen LogP contribution is -2.48. The van der Waals surface area contributed by atoms with Crippen LogP contribution in [-0.4, -0.2) is 69.8 Å². The molecule has 0 saturated carbocycles. The molecule has 1 N–H and O–H groups in total. The third-order valence-electron chi connectivity index (χ3n) is 7.74. The largest absolute Gasteiger partial charge is 0.492 e. The summed E-state index contributed by atoms with van der Waals surface area (Å²) >= 11 is 0. The summed E-state index contributed by atoms with van der Waals surface area (Å²) in [5.41, 5.74) is 5.69. The van der Waals surface area contributed by atoms with Crippen LogP contribution in [0, 0.1) is 13.8 Å². The lowest BCUT2D eigenvalue weighted by molar-refractivity contribution is 0.0694. The molecule has 0 unspecified atom stereocenters. The molecule has 204 valence electrons. The molecule has 0 aliphatic carbocycles. The Balaban J connectivity index is 1.20. The Morgan fingerprint density at radius 3 is 2.56 bits per heavy atom. The average molecular weight is 528 g/mol. The Bertz CT molecular complexity index is 1460. The van der Waals surface area contributed by atoms with Gasteiger partial charge in [-0.1, -0.05) is 24.3 Å². The highest BCUT2D eigenvalue weighted by Crippen LogP contribution is 2.24. The van der Waals surface area contributed by atoms with E-state index in [2.05, 4.69) is 76.7 Å².